The van der Waals surface area contributed by atoms with Gasteiger partial charge in [-0.3, -0.25) is 0 Å². The Bertz CT molecular complexity index is 475. The zero-order valence-corrected chi connectivity index (χ0v) is 16.6. The van der Waals surface area contributed by atoms with Crippen molar-refractivity contribution in [3.63, 3.8) is 0 Å². The second kappa shape index (κ2) is 5.59. The fourth-order valence-electron chi connectivity index (χ4n) is 4.07. The molecule has 2 rings (SSSR count). The summed E-state index contributed by atoms with van der Waals surface area (Å²) in [5, 5.41) is 10.6. The molecule has 0 radical (unpaired) electrons. The van der Waals surface area contributed by atoms with Crippen LogP contribution in [0.5, 0.6) is 0 Å². The Hall–Kier alpha value is 0.585. The molecule has 2 saturated carbocycles. The normalized spacial score (nSPS) is 45.1. The lowest BCUT2D eigenvalue weighted by Crippen LogP contribution is -2.42. The maximum absolute atomic E-state index is 10.7. The van der Waals surface area contributed by atoms with Crippen LogP contribution in [0.1, 0.15) is 41.0 Å². The van der Waals surface area contributed by atoms with E-state index >= 15 is 0 Å². The molecule has 0 aliphatic heterocycles. The molecule has 21 heavy (non-hydrogen) atoms. The molecule has 0 saturated heterocycles. The molecular weight excluding hydrogens is 297 g/mol. The average Bonchev–Trinajstić information content (AvgIpc) is 3.07. The Balaban J connectivity index is 2.12. The van der Waals surface area contributed by atoms with Crippen molar-refractivity contribution >= 4 is 35.5 Å². The van der Waals surface area contributed by atoms with Crippen molar-refractivity contribution in [2.24, 2.45) is 11.8 Å². The Morgan fingerprint density at radius 1 is 1.43 bits per heavy atom. The summed E-state index contributed by atoms with van der Waals surface area (Å²) in [7, 11) is 0.861. The van der Waals surface area contributed by atoms with E-state index in [1.165, 1.54) is 12.1 Å². The SMILES string of the molecule is B[C@@H]1[C@H]2C[C@@]2(OC(C)(C)[PH](=C)C[PH](=C)CC)[C@@H](C)[C@@]1(C)O. The van der Waals surface area contributed by atoms with Gasteiger partial charge in [0.05, 0.1) is 16.5 Å². The number of hydrogen-bond donors (Lipinski definition) is 1. The molecule has 0 aromatic rings. The molecule has 2 unspecified atom stereocenters. The van der Waals surface area contributed by atoms with Crippen LogP contribution >= 0.6 is 15.1 Å². The summed E-state index contributed by atoms with van der Waals surface area (Å²) in [5.41, 5.74) is -0.696. The summed E-state index contributed by atoms with van der Waals surface area (Å²) >= 11 is 0. The van der Waals surface area contributed by atoms with Crippen LogP contribution in [-0.2, 0) is 4.74 Å². The quantitative estimate of drug-likeness (QED) is 0.599. The zero-order chi connectivity index (χ0) is 16.2. The Morgan fingerprint density at radius 2 is 2.00 bits per heavy atom. The van der Waals surface area contributed by atoms with Gasteiger partial charge in [-0.2, -0.15) is 0 Å². The van der Waals surface area contributed by atoms with Gasteiger partial charge in [0.25, 0.3) is 0 Å². The van der Waals surface area contributed by atoms with Crippen molar-refractivity contribution in [2.75, 3.05) is 12.1 Å². The zero-order valence-electron chi connectivity index (χ0n) is 14.6. The van der Waals surface area contributed by atoms with Crippen molar-refractivity contribution in [3.05, 3.63) is 0 Å². The smallest absolute Gasteiger partial charge is 0.109 e. The first-order chi connectivity index (χ1) is 9.49. The predicted molar refractivity (Wildman–Crippen MR) is 104 cm³/mol. The molecule has 5 heteroatoms. The molecule has 0 bridgehead atoms. The molecule has 0 aromatic heterocycles. The molecule has 1 N–H and O–H groups in total. The van der Waals surface area contributed by atoms with Crippen LogP contribution in [0.15, 0.2) is 0 Å². The summed E-state index contributed by atoms with van der Waals surface area (Å²) in [6, 6.07) is 0. The van der Waals surface area contributed by atoms with Gasteiger partial charge in [0, 0.05) is 5.92 Å². The van der Waals surface area contributed by atoms with Crippen molar-refractivity contribution < 1.29 is 9.84 Å². The van der Waals surface area contributed by atoms with E-state index in [-0.39, 0.29) is 16.9 Å². The third-order valence-corrected chi connectivity index (χ3v) is 12.9. The summed E-state index contributed by atoms with van der Waals surface area (Å²) in [6.07, 6.45) is 11.1. The Kier molecular flexibility index (Phi) is 4.77. The Labute approximate surface area is 133 Å². The highest BCUT2D eigenvalue weighted by Crippen LogP contribution is 2.71. The lowest BCUT2D eigenvalue weighted by Gasteiger charge is -2.39. The van der Waals surface area contributed by atoms with Crippen LogP contribution in [0.4, 0.5) is 0 Å². The molecule has 0 heterocycles. The molecule has 7 atom stereocenters. The van der Waals surface area contributed by atoms with Crippen LogP contribution in [0.2, 0.25) is 5.82 Å². The van der Waals surface area contributed by atoms with Crippen LogP contribution in [0.3, 0.4) is 0 Å². The van der Waals surface area contributed by atoms with Gasteiger partial charge < -0.3 is 9.84 Å². The fourth-order valence-corrected chi connectivity index (χ4v) is 9.52. The molecule has 122 valence electrons. The maximum Gasteiger partial charge on any atom is 0.109 e. The van der Waals surface area contributed by atoms with E-state index < -0.39 is 20.7 Å². The third-order valence-electron chi connectivity index (χ3n) is 6.40. The lowest BCUT2D eigenvalue weighted by atomic mass is 9.70. The van der Waals surface area contributed by atoms with E-state index in [9.17, 15) is 5.11 Å². The standard InChI is InChI=1S/C16H33BO2P2/c1-8-20(6)10-21(7)14(3,4)19-16-9-12(16)13(17)15(5,18)11(16)2/h11-13,18,20-21H,6-10,17H2,1-5H3/t11-,12+,13+,15+,16+/m0/s1. The van der Waals surface area contributed by atoms with Gasteiger partial charge >= 0.3 is 0 Å². The van der Waals surface area contributed by atoms with Gasteiger partial charge in [0.2, 0.25) is 0 Å². The minimum atomic E-state index is -0.824. The monoisotopic (exact) mass is 330 g/mol. The van der Waals surface area contributed by atoms with Crippen LogP contribution in [0, 0.1) is 11.8 Å². The second-order valence-electron chi connectivity index (χ2n) is 8.00. The number of hydrogen-bond acceptors (Lipinski definition) is 2. The predicted octanol–water partition coefficient (Wildman–Crippen LogP) is 2.59. The minimum Gasteiger partial charge on any atom is -0.390 e. The largest absolute Gasteiger partial charge is 0.390 e. The molecular formula is C16H33BO2P2. The Morgan fingerprint density at radius 3 is 2.43 bits per heavy atom. The number of aliphatic hydroxyl groups is 1. The summed E-state index contributed by atoms with van der Waals surface area (Å²) < 4.78 is 6.70. The lowest BCUT2D eigenvalue weighted by molar-refractivity contribution is -0.0982. The summed E-state index contributed by atoms with van der Waals surface area (Å²) in [5.74, 6) is 2.24. The van der Waals surface area contributed by atoms with Gasteiger partial charge in [-0.05, 0) is 51.0 Å². The van der Waals surface area contributed by atoms with Crippen LogP contribution in [-0.4, -0.2) is 54.2 Å². The molecule has 0 amide bonds. The van der Waals surface area contributed by atoms with Crippen molar-refractivity contribution in [3.8, 4) is 0 Å². The summed E-state index contributed by atoms with van der Waals surface area (Å²) in [6.45, 7) is 10.8. The van der Waals surface area contributed by atoms with Crippen LogP contribution in [0.25, 0.3) is 0 Å². The van der Waals surface area contributed by atoms with Gasteiger partial charge in [0.1, 0.15) is 7.85 Å². The molecule has 0 spiro atoms. The van der Waals surface area contributed by atoms with Crippen molar-refractivity contribution in [1.29, 1.82) is 0 Å². The number of ether oxygens (including phenoxy) is 1. The van der Waals surface area contributed by atoms with E-state index in [4.69, 9.17) is 4.74 Å². The highest BCUT2D eigenvalue weighted by Gasteiger charge is 2.73. The third kappa shape index (κ3) is 2.89. The molecule has 2 fully saturated rings. The summed E-state index contributed by atoms with van der Waals surface area (Å²) in [4.78, 5) is 0. The molecule has 2 aliphatic carbocycles. The van der Waals surface area contributed by atoms with Crippen molar-refractivity contribution in [1.82, 2.24) is 0 Å². The number of fused-ring (bicyclic) bond motifs is 1. The first-order valence-electron chi connectivity index (χ1n) is 8.26. The van der Waals surface area contributed by atoms with E-state index in [1.807, 2.05) is 6.92 Å². The fraction of sp³-hybridized carbons (Fsp3) is 0.875. The van der Waals surface area contributed by atoms with Gasteiger partial charge in [-0.1, -0.05) is 21.4 Å². The molecule has 2 aliphatic rings. The van der Waals surface area contributed by atoms with Gasteiger partial charge in [0.15, 0.2) is 0 Å². The highest BCUT2D eigenvalue weighted by molar-refractivity contribution is 7.73. The van der Waals surface area contributed by atoms with E-state index in [2.05, 4.69) is 48.1 Å². The van der Waals surface area contributed by atoms with Crippen molar-refractivity contribution in [2.45, 2.75) is 63.4 Å². The van der Waals surface area contributed by atoms with E-state index in [1.54, 1.807) is 0 Å². The second-order valence-corrected chi connectivity index (χ2v) is 14.0. The van der Waals surface area contributed by atoms with E-state index in [0.29, 0.717) is 11.7 Å². The van der Waals surface area contributed by atoms with E-state index in [0.717, 1.165) is 6.42 Å². The maximum atomic E-state index is 10.7. The van der Waals surface area contributed by atoms with Crippen LogP contribution < -0.4 is 0 Å². The van der Waals surface area contributed by atoms with Gasteiger partial charge in [-0.15, -0.1) is 20.1 Å². The average molecular weight is 330 g/mol. The first kappa shape index (κ1) is 17.9. The topological polar surface area (TPSA) is 29.5 Å². The number of rotatable bonds is 6. The molecule has 2 nitrogen and oxygen atoms in total. The molecule has 0 aromatic carbocycles. The highest BCUT2D eigenvalue weighted by atomic mass is 31.2. The van der Waals surface area contributed by atoms with Gasteiger partial charge in [-0.25, -0.2) is 0 Å². The minimum absolute atomic E-state index is 0.0969. The first-order valence-corrected chi connectivity index (χ1v) is 12.3.